The van der Waals surface area contributed by atoms with Gasteiger partial charge in [0.05, 0.1) is 5.69 Å². The molecule has 2 N–H and O–H groups in total. The Labute approximate surface area is 181 Å². The molecule has 30 heavy (non-hydrogen) atoms. The Balaban J connectivity index is 1.72. The van der Waals surface area contributed by atoms with Gasteiger partial charge in [0.15, 0.2) is 0 Å². The first-order chi connectivity index (χ1) is 14.6. The summed E-state index contributed by atoms with van der Waals surface area (Å²) in [6.45, 7) is 3.34. The quantitative estimate of drug-likeness (QED) is 0.601. The van der Waals surface area contributed by atoms with Crippen LogP contribution in [0, 0.1) is 0 Å². The Morgan fingerprint density at radius 2 is 1.90 bits per heavy atom. The Bertz CT molecular complexity index is 966. The number of hydrogen-bond donors (Lipinski definition) is 2. The molecule has 1 fully saturated rings. The predicted molar refractivity (Wildman–Crippen MR) is 119 cm³/mol. The fraction of sp³-hybridized carbons (Fsp3) is 0.409. The van der Waals surface area contributed by atoms with Crippen molar-refractivity contribution >= 4 is 11.6 Å². The van der Waals surface area contributed by atoms with Gasteiger partial charge in [-0.25, -0.2) is 4.98 Å². The summed E-state index contributed by atoms with van der Waals surface area (Å²) in [7, 11) is 4.02. The van der Waals surface area contributed by atoms with E-state index in [0.29, 0.717) is 23.6 Å². The molecule has 8 heteroatoms. The first kappa shape index (κ1) is 20.8. The van der Waals surface area contributed by atoms with Crippen molar-refractivity contribution in [1.29, 1.82) is 0 Å². The summed E-state index contributed by atoms with van der Waals surface area (Å²) in [4.78, 5) is 11.1. The van der Waals surface area contributed by atoms with Crippen molar-refractivity contribution < 1.29 is 4.74 Å². The third-order valence-electron chi connectivity index (χ3n) is 5.32. The Kier molecular flexibility index (Phi) is 6.62. The summed E-state index contributed by atoms with van der Waals surface area (Å²) in [5, 5.41) is 12.1. The molecule has 0 atom stereocenters. The van der Waals surface area contributed by atoms with E-state index in [1.807, 2.05) is 44.4 Å². The molecular weight excluding hydrogens is 400 g/mol. The van der Waals surface area contributed by atoms with Crippen LogP contribution in [0.15, 0.2) is 36.5 Å². The molecule has 3 heterocycles. The van der Waals surface area contributed by atoms with Crippen LogP contribution in [0.5, 0.6) is 6.01 Å². The van der Waals surface area contributed by atoms with Gasteiger partial charge in [0.1, 0.15) is 12.3 Å². The van der Waals surface area contributed by atoms with Crippen LogP contribution in [0.3, 0.4) is 0 Å². The normalized spacial score (nSPS) is 14.9. The Morgan fingerprint density at radius 1 is 1.13 bits per heavy atom. The van der Waals surface area contributed by atoms with Crippen LogP contribution in [0.2, 0.25) is 5.02 Å². The van der Waals surface area contributed by atoms with Gasteiger partial charge in [-0.05, 0) is 58.2 Å². The molecule has 0 bridgehead atoms. The van der Waals surface area contributed by atoms with Crippen molar-refractivity contribution in [2.75, 3.05) is 40.3 Å². The van der Waals surface area contributed by atoms with Crippen molar-refractivity contribution in [2.24, 2.45) is 0 Å². The number of likely N-dealkylation sites (N-methyl/N-ethyl adjacent to an activating group) is 1. The zero-order valence-electron chi connectivity index (χ0n) is 17.4. The maximum atomic E-state index is 6.10. The van der Waals surface area contributed by atoms with Gasteiger partial charge in [-0.2, -0.15) is 10.1 Å². The zero-order valence-corrected chi connectivity index (χ0v) is 18.1. The second kappa shape index (κ2) is 9.55. The van der Waals surface area contributed by atoms with Crippen LogP contribution in [0.1, 0.15) is 24.5 Å². The molecule has 7 nitrogen and oxygen atoms in total. The minimum absolute atomic E-state index is 0.383. The van der Waals surface area contributed by atoms with Crippen molar-refractivity contribution in [3.8, 4) is 28.5 Å². The van der Waals surface area contributed by atoms with E-state index < -0.39 is 0 Å². The van der Waals surface area contributed by atoms with Gasteiger partial charge in [0.25, 0.3) is 0 Å². The average Bonchev–Trinajstić information content (AvgIpc) is 3.20. The fourth-order valence-corrected chi connectivity index (χ4v) is 3.83. The molecule has 0 saturated carbocycles. The molecule has 3 aromatic rings. The number of H-pyrrole nitrogens is 1. The summed E-state index contributed by atoms with van der Waals surface area (Å²) in [5.41, 5.74) is 4.83. The minimum Gasteiger partial charge on any atom is -0.462 e. The Morgan fingerprint density at radius 3 is 2.63 bits per heavy atom. The van der Waals surface area contributed by atoms with E-state index in [9.17, 15) is 0 Å². The van der Waals surface area contributed by atoms with Gasteiger partial charge in [0, 0.05) is 40.5 Å². The van der Waals surface area contributed by atoms with E-state index in [-0.39, 0.29) is 0 Å². The molecule has 1 aliphatic rings. The van der Waals surface area contributed by atoms with E-state index >= 15 is 0 Å². The second-order valence-corrected chi connectivity index (χ2v) is 8.20. The number of nitrogens with one attached hydrogen (secondary N) is 2. The van der Waals surface area contributed by atoms with Crippen LogP contribution >= 0.6 is 11.6 Å². The number of ether oxygens (including phenoxy) is 1. The zero-order chi connectivity index (χ0) is 20.9. The molecule has 1 aromatic carbocycles. The molecular formula is C22H27ClN6O. The number of aromatic amines is 1. The standard InChI is InChI=1S/C22H27ClN6O/c1-29(2)13-14-30-22-25-12-9-18(26-22)19-20(15-3-5-17(23)6-4-15)27-28-21(19)16-7-10-24-11-8-16/h3-6,9,12,16,24H,7-8,10-11,13-14H2,1-2H3,(H,27,28). The number of rotatable bonds is 7. The summed E-state index contributed by atoms with van der Waals surface area (Å²) in [5.74, 6) is 0.405. The van der Waals surface area contributed by atoms with Crippen LogP contribution in [0.4, 0.5) is 0 Å². The van der Waals surface area contributed by atoms with E-state index in [1.165, 1.54) is 0 Å². The molecule has 0 amide bonds. The number of aromatic nitrogens is 4. The largest absolute Gasteiger partial charge is 0.462 e. The van der Waals surface area contributed by atoms with Gasteiger partial charge in [-0.3, -0.25) is 5.10 Å². The maximum Gasteiger partial charge on any atom is 0.316 e. The first-order valence-electron chi connectivity index (χ1n) is 10.3. The third-order valence-corrected chi connectivity index (χ3v) is 5.57. The molecule has 1 aliphatic heterocycles. The highest BCUT2D eigenvalue weighted by Gasteiger charge is 2.25. The number of benzene rings is 1. The smallest absolute Gasteiger partial charge is 0.316 e. The van der Waals surface area contributed by atoms with E-state index in [1.54, 1.807) is 6.20 Å². The molecule has 0 unspecified atom stereocenters. The maximum absolute atomic E-state index is 6.10. The van der Waals surface area contributed by atoms with Crippen molar-refractivity contribution in [3.05, 3.63) is 47.2 Å². The lowest BCUT2D eigenvalue weighted by Gasteiger charge is -2.22. The number of piperidine rings is 1. The second-order valence-electron chi connectivity index (χ2n) is 7.77. The molecule has 158 valence electrons. The topological polar surface area (TPSA) is 79.0 Å². The lowest BCUT2D eigenvalue weighted by molar-refractivity contribution is 0.245. The van der Waals surface area contributed by atoms with E-state index in [0.717, 1.165) is 60.7 Å². The van der Waals surface area contributed by atoms with E-state index in [2.05, 4.69) is 25.4 Å². The third kappa shape index (κ3) is 4.80. The van der Waals surface area contributed by atoms with Gasteiger partial charge >= 0.3 is 6.01 Å². The SMILES string of the molecule is CN(C)CCOc1nccc(-c2c(-c3ccc(Cl)cc3)n[nH]c2C2CCNCC2)n1. The first-order valence-corrected chi connectivity index (χ1v) is 10.7. The average molecular weight is 427 g/mol. The van der Waals surface area contributed by atoms with Gasteiger partial charge in [0.2, 0.25) is 0 Å². The number of hydrogen-bond acceptors (Lipinski definition) is 6. The predicted octanol–water partition coefficient (Wildman–Crippen LogP) is 3.59. The highest BCUT2D eigenvalue weighted by molar-refractivity contribution is 6.30. The van der Waals surface area contributed by atoms with Crippen LogP contribution in [-0.2, 0) is 0 Å². The highest BCUT2D eigenvalue weighted by atomic mass is 35.5. The lowest BCUT2D eigenvalue weighted by Crippen LogP contribution is -2.27. The van der Waals surface area contributed by atoms with Crippen molar-refractivity contribution in [2.45, 2.75) is 18.8 Å². The Hall–Kier alpha value is -2.48. The highest BCUT2D eigenvalue weighted by Crippen LogP contribution is 2.38. The van der Waals surface area contributed by atoms with Gasteiger partial charge in [-0.1, -0.05) is 23.7 Å². The van der Waals surface area contributed by atoms with Crippen LogP contribution < -0.4 is 10.1 Å². The van der Waals surface area contributed by atoms with Crippen molar-refractivity contribution in [1.82, 2.24) is 30.4 Å². The monoisotopic (exact) mass is 426 g/mol. The molecule has 2 aromatic heterocycles. The minimum atomic E-state index is 0.383. The molecule has 0 radical (unpaired) electrons. The van der Waals surface area contributed by atoms with Gasteiger partial charge < -0.3 is 15.0 Å². The molecule has 4 rings (SSSR count). The van der Waals surface area contributed by atoms with Gasteiger partial charge in [-0.15, -0.1) is 0 Å². The number of nitrogens with zero attached hydrogens (tertiary/aromatic N) is 4. The summed E-state index contributed by atoms with van der Waals surface area (Å²) in [6.07, 6.45) is 3.87. The summed E-state index contributed by atoms with van der Waals surface area (Å²) >= 11 is 6.10. The van der Waals surface area contributed by atoms with E-state index in [4.69, 9.17) is 21.3 Å². The molecule has 0 aliphatic carbocycles. The summed E-state index contributed by atoms with van der Waals surface area (Å²) in [6, 6.07) is 10.1. The molecule has 0 spiro atoms. The molecule has 1 saturated heterocycles. The lowest BCUT2D eigenvalue weighted by atomic mass is 9.89. The van der Waals surface area contributed by atoms with Crippen LogP contribution in [0.25, 0.3) is 22.5 Å². The van der Waals surface area contributed by atoms with Crippen molar-refractivity contribution in [3.63, 3.8) is 0 Å². The number of halogens is 1. The summed E-state index contributed by atoms with van der Waals surface area (Å²) < 4.78 is 5.78. The van der Waals surface area contributed by atoms with Crippen LogP contribution in [-0.4, -0.2) is 65.4 Å². The fourth-order valence-electron chi connectivity index (χ4n) is 3.71.